The van der Waals surface area contributed by atoms with Gasteiger partial charge in [-0.1, -0.05) is 24.3 Å². The van der Waals surface area contributed by atoms with Crippen molar-refractivity contribution < 1.29 is 19.1 Å². The number of hydrogen-bond acceptors (Lipinski definition) is 5. The predicted octanol–water partition coefficient (Wildman–Crippen LogP) is 3.99. The predicted molar refractivity (Wildman–Crippen MR) is 111 cm³/mol. The smallest absolute Gasteiger partial charge is 0.274 e. The number of amides is 2. The second kappa shape index (κ2) is 9.36. The highest BCUT2D eigenvalue weighted by Gasteiger charge is 2.14. The molecule has 148 valence electrons. The molecule has 29 heavy (non-hydrogen) atoms. The van der Waals surface area contributed by atoms with E-state index in [1.165, 1.54) is 0 Å². The zero-order valence-electron chi connectivity index (χ0n) is 16.1. The van der Waals surface area contributed by atoms with Crippen molar-refractivity contribution in [3.05, 3.63) is 78.1 Å². The van der Waals surface area contributed by atoms with E-state index in [1.54, 1.807) is 67.8 Å². The number of carbonyl (C=O) groups excluding carboxylic acids is 2. The lowest BCUT2D eigenvalue weighted by Gasteiger charge is -2.11. The largest absolute Gasteiger partial charge is 0.497 e. The molecule has 0 atom stereocenters. The van der Waals surface area contributed by atoms with Crippen molar-refractivity contribution in [2.45, 2.75) is 6.92 Å². The van der Waals surface area contributed by atoms with Gasteiger partial charge in [-0.2, -0.15) is 0 Å². The van der Waals surface area contributed by atoms with Crippen LogP contribution in [-0.2, 0) is 0 Å². The molecule has 0 unspecified atom stereocenters. The summed E-state index contributed by atoms with van der Waals surface area (Å²) in [4.78, 5) is 29.3. The van der Waals surface area contributed by atoms with Crippen LogP contribution < -0.4 is 20.1 Å². The molecule has 3 aromatic rings. The fourth-order valence-corrected chi connectivity index (χ4v) is 2.62. The molecule has 3 rings (SSSR count). The van der Waals surface area contributed by atoms with Gasteiger partial charge in [0.1, 0.15) is 22.9 Å². The standard InChI is InChI=1S/C22H21N3O4/c1-3-29-20-13-5-4-10-17(20)25-22(27)19-12-7-11-18(24-19)21(26)23-15-8-6-9-16(14-15)28-2/h4-14H,3H2,1-2H3,(H,23,26)(H,25,27). The quantitative estimate of drug-likeness (QED) is 0.636. The summed E-state index contributed by atoms with van der Waals surface area (Å²) in [5, 5.41) is 5.51. The van der Waals surface area contributed by atoms with Crippen molar-refractivity contribution >= 4 is 23.2 Å². The number of benzene rings is 2. The Hall–Kier alpha value is -3.87. The Morgan fingerprint density at radius 3 is 2.31 bits per heavy atom. The average Bonchev–Trinajstić information content (AvgIpc) is 2.75. The molecule has 0 saturated heterocycles. The van der Waals surface area contributed by atoms with Crippen molar-refractivity contribution in [1.82, 2.24) is 4.98 Å². The fraction of sp³-hybridized carbons (Fsp3) is 0.136. The molecule has 1 heterocycles. The van der Waals surface area contributed by atoms with Crippen LogP contribution in [0, 0.1) is 0 Å². The lowest BCUT2D eigenvalue weighted by molar-refractivity contribution is 0.101. The van der Waals surface area contributed by atoms with Crippen LogP contribution in [0.4, 0.5) is 11.4 Å². The minimum absolute atomic E-state index is 0.120. The van der Waals surface area contributed by atoms with E-state index in [0.29, 0.717) is 29.5 Å². The first-order valence-electron chi connectivity index (χ1n) is 9.06. The van der Waals surface area contributed by atoms with Gasteiger partial charge < -0.3 is 20.1 Å². The SMILES string of the molecule is CCOc1ccccc1NC(=O)c1cccc(C(=O)Nc2cccc(OC)c2)n1. The summed E-state index contributed by atoms with van der Waals surface area (Å²) in [6.07, 6.45) is 0. The number of anilines is 2. The van der Waals surface area contributed by atoms with Gasteiger partial charge in [0.2, 0.25) is 0 Å². The van der Waals surface area contributed by atoms with E-state index in [0.717, 1.165) is 0 Å². The summed E-state index contributed by atoms with van der Waals surface area (Å²) < 4.78 is 10.7. The molecule has 0 radical (unpaired) electrons. The second-order valence-electron chi connectivity index (χ2n) is 5.98. The number of aromatic nitrogens is 1. The second-order valence-corrected chi connectivity index (χ2v) is 5.98. The monoisotopic (exact) mass is 391 g/mol. The third kappa shape index (κ3) is 5.10. The maximum atomic E-state index is 12.6. The van der Waals surface area contributed by atoms with Crippen molar-refractivity contribution in [1.29, 1.82) is 0 Å². The van der Waals surface area contributed by atoms with Crippen molar-refractivity contribution in [2.75, 3.05) is 24.4 Å². The van der Waals surface area contributed by atoms with E-state index in [2.05, 4.69) is 15.6 Å². The molecule has 2 N–H and O–H groups in total. The minimum atomic E-state index is -0.437. The Morgan fingerprint density at radius 1 is 0.897 bits per heavy atom. The number of ether oxygens (including phenoxy) is 2. The summed E-state index contributed by atoms with van der Waals surface area (Å²) in [6, 6.07) is 18.8. The molecular formula is C22H21N3O4. The van der Waals surface area contributed by atoms with E-state index >= 15 is 0 Å². The van der Waals surface area contributed by atoms with Gasteiger partial charge in [-0.15, -0.1) is 0 Å². The molecule has 2 aromatic carbocycles. The highest BCUT2D eigenvalue weighted by Crippen LogP contribution is 2.24. The summed E-state index contributed by atoms with van der Waals surface area (Å²) in [7, 11) is 1.55. The molecular weight excluding hydrogens is 370 g/mol. The zero-order valence-corrected chi connectivity index (χ0v) is 16.1. The third-order valence-corrected chi connectivity index (χ3v) is 3.98. The third-order valence-electron chi connectivity index (χ3n) is 3.98. The molecule has 0 aliphatic carbocycles. The molecule has 0 saturated carbocycles. The Balaban J connectivity index is 1.75. The van der Waals surface area contributed by atoms with Crippen molar-refractivity contribution in [3.63, 3.8) is 0 Å². The summed E-state index contributed by atoms with van der Waals surface area (Å²) in [6.45, 7) is 2.34. The van der Waals surface area contributed by atoms with Gasteiger partial charge in [-0.3, -0.25) is 9.59 Å². The Kier molecular flexibility index (Phi) is 6.42. The highest BCUT2D eigenvalue weighted by molar-refractivity contribution is 6.06. The maximum Gasteiger partial charge on any atom is 0.274 e. The van der Waals surface area contributed by atoms with E-state index in [1.807, 2.05) is 13.0 Å². The van der Waals surface area contributed by atoms with Crippen molar-refractivity contribution in [2.24, 2.45) is 0 Å². The van der Waals surface area contributed by atoms with Gasteiger partial charge in [0.25, 0.3) is 11.8 Å². The molecule has 0 fully saturated rings. The first kappa shape index (κ1) is 19.9. The summed E-state index contributed by atoms with van der Waals surface area (Å²) >= 11 is 0. The molecule has 1 aromatic heterocycles. The number of carbonyl (C=O) groups is 2. The molecule has 0 aliphatic rings. The summed E-state index contributed by atoms with van der Waals surface area (Å²) in [5.41, 5.74) is 1.34. The molecule has 7 heteroatoms. The highest BCUT2D eigenvalue weighted by atomic mass is 16.5. The van der Waals surface area contributed by atoms with Gasteiger partial charge in [0.05, 0.1) is 19.4 Å². The number of nitrogens with zero attached hydrogens (tertiary/aromatic N) is 1. The van der Waals surface area contributed by atoms with E-state index < -0.39 is 11.8 Å². The Labute approximate surface area is 168 Å². The number of rotatable bonds is 7. The number of pyridine rings is 1. The van der Waals surface area contributed by atoms with Gasteiger partial charge in [0.15, 0.2) is 0 Å². The van der Waals surface area contributed by atoms with Gasteiger partial charge in [0, 0.05) is 11.8 Å². The average molecular weight is 391 g/mol. The van der Waals surface area contributed by atoms with Crippen molar-refractivity contribution in [3.8, 4) is 11.5 Å². The van der Waals surface area contributed by atoms with Crippen LogP contribution >= 0.6 is 0 Å². The van der Waals surface area contributed by atoms with Gasteiger partial charge >= 0.3 is 0 Å². The van der Waals surface area contributed by atoms with Crippen LogP contribution in [0.5, 0.6) is 11.5 Å². The van der Waals surface area contributed by atoms with Crippen LogP contribution in [0.25, 0.3) is 0 Å². The Morgan fingerprint density at radius 2 is 1.59 bits per heavy atom. The molecule has 0 bridgehead atoms. The van der Waals surface area contributed by atoms with Crippen LogP contribution in [-0.4, -0.2) is 30.5 Å². The first-order valence-corrected chi connectivity index (χ1v) is 9.06. The molecule has 0 spiro atoms. The lowest BCUT2D eigenvalue weighted by Crippen LogP contribution is -2.18. The maximum absolute atomic E-state index is 12.6. The summed E-state index contributed by atoms with van der Waals surface area (Å²) in [5.74, 6) is 0.322. The number of para-hydroxylation sites is 2. The fourth-order valence-electron chi connectivity index (χ4n) is 2.62. The van der Waals surface area contributed by atoms with Crippen LogP contribution in [0.3, 0.4) is 0 Å². The van der Waals surface area contributed by atoms with Gasteiger partial charge in [-0.25, -0.2) is 4.98 Å². The van der Waals surface area contributed by atoms with E-state index in [4.69, 9.17) is 9.47 Å². The van der Waals surface area contributed by atoms with E-state index in [9.17, 15) is 9.59 Å². The van der Waals surface area contributed by atoms with E-state index in [-0.39, 0.29) is 11.4 Å². The number of methoxy groups -OCH3 is 1. The zero-order chi connectivity index (χ0) is 20.6. The van der Waals surface area contributed by atoms with Crippen LogP contribution in [0.2, 0.25) is 0 Å². The number of nitrogens with one attached hydrogen (secondary N) is 2. The molecule has 7 nitrogen and oxygen atoms in total. The Bertz CT molecular complexity index is 1020. The number of hydrogen-bond donors (Lipinski definition) is 2. The lowest BCUT2D eigenvalue weighted by atomic mass is 10.2. The van der Waals surface area contributed by atoms with Gasteiger partial charge in [-0.05, 0) is 43.3 Å². The van der Waals surface area contributed by atoms with Crippen LogP contribution in [0.1, 0.15) is 27.9 Å². The topological polar surface area (TPSA) is 89.5 Å². The van der Waals surface area contributed by atoms with Crippen LogP contribution in [0.15, 0.2) is 66.7 Å². The first-order chi connectivity index (χ1) is 14.1. The molecule has 2 amide bonds. The molecule has 0 aliphatic heterocycles. The normalized spacial score (nSPS) is 10.1. The minimum Gasteiger partial charge on any atom is -0.497 e.